The summed E-state index contributed by atoms with van der Waals surface area (Å²) in [6.45, 7) is 1.60. The molecule has 1 amide bonds. The molecule has 0 spiro atoms. The fourth-order valence-electron chi connectivity index (χ4n) is 1.46. The first-order valence-electron chi connectivity index (χ1n) is 5.61. The van der Waals surface area contributed by atoms with Crippen LogP contribution in [0.1, 0.15) is 24.9 Å². The lowest BCUT2D eigenvalue weighted by atomic mass is 10.1. The molecule has 0 aliphatic rings. The monoisotopic (exact) mass is 291 g/mol. The van der Waals surface area contributed by atoms with Gasteiger partial charge in [-0.3, -0.25) is 4.79 Å². The predicted octanol–water partition coefficient (Wildman–Crippen LogP) is 1.58. The van der Waals surface area contributed by atoms with Crippen molar-refractivity contribution < 1.29 is 22.0 Å². The smallest absolute Gasteiger partial charge is 0.221 e. The van der Waals surface area contributed by atoms with Crippen molar-refractivity contribution in [2.45, 2.75) is 19.4 Å². The van der Waals surface area contributed by atoms with E-state index in [0.717, 1.165) is 18.4 Å². The van der Waals surface area contributed by atoms with E-state index in [2.05, 4.69) is 5.32 Å². The molecule has 1 unspecified atom stereocenters. The molecule has 4 nitrogen and oxygen atoms in total. The van der Waals surface area contributed by atoms with Crippen molar-refractivity contribution in [3.05, 3.63) is 35.4 Å². The second-order valence-corrected chi connectivity index (χ2v) is 6.60. The minimum atomic E-state index is -3.20. The van der Waals surface area contributed by atoms with E-state index >= 15 is 0 Å². The topological polar surface area (TPSA) is 63.2 Å². The van der Waals surface area contributed by atoms with Gasteiger partial charge in [0, 0.05) is 12.7 Å². The number of carbonyl (C=O) groups excluding carboxylic acids is 1. The van der Waals surface area contributed by atoms with Crippen LogP contribution in [0.3, 0.4) is 0 Å². The van der Waals surface area contributed by atoms with E-state index in [4.69, 9.17) is 0 Å². The minimum absolute atomic E-state index is 0.160. The molecule has 1 aromatic rings. The number of nitrogens with one attached hydrogen (secondary N) is 1. The van der Waals surface area contributed by atoms with Gasteiger partial charge < -0.3 is 5.32 Å². The summed E-state index contributed by atoms with van der Waals surface area (Å²) >= 11 is 0. The fourth-order valence-corrected chi connectivity index (χ4v) is 2.01. The van der Waals surface area contributed by atoms with Crippen LogP contribution >= 0.6 is 0 Å². The van der Waals surface area contributed by atoms with E-state index in [1.807, 2.05) is 0 Å². The van der Waals surface area contributed by atoms with E-state index in [9.17, 15) is 22.0 Å². The maximum Gasteiger partial charge on any atom is 0.221 e. The van der Waals surface area contributed by atoms with Gasteiger partial charge in [0.05, 0.1) is 11.8 Å². The molecule has 1 atom stereocenters. The van der Waals surface area contributed by atoms with Gasteiger partial charge in [-0.1, -0.05) is 6.07 Å². The van der Waals surface area contributed by atoms with Gasteiger partial charge in [0.15, 0.2) is 11.6 Å². The Morgan fingerprint density at radius 2 is 1.95 bits per heavy atom. The Labute approximate surface area is 110 Å². The Morgan fingerprint density at radius 1 is 1.32 bits per heavy atom. The van der Waals surface area contributed by atoms with Crippen molar-refractivity contribution in [2.24, 2.45) is 0 Å². The molecular formula is C12H15F2NO3S. The second-order valence-electron chi connectivity index (χ2n) is 4.34. The van der Waals surface area contributed by atoms with Crippen LogP contribution in [0.15, 0.2) is 18.2 Å². The van der Waals surface area contributed by atoms with Crippen molar-refractivity contribution in [3.8, 4) is 0 Å². The van der Waals surface area contributed by atoms with Gasteiger partial charge in [-0.15, -0.1) is 0 Å². The molecule has 0 aliphatic carbocycles. The van der Waals surface area contributed by atoms with Gasteiger partial charge in [0.1, 0.15) is 9.84 Å². The Hall–Kier alpha value is -1.50. The van der Waals surface area contributed by atoms with Crippen LogP contribution in [0.2, 0.25) is 0 Å². The summed E-state index contributed by atoms with van der Waals surface area (Å²) < 4.78 is 47.6. The number of sulfone groups is 1. The molecule has 106 valence electrons. The SMILES string of the molecule is CC(NC(=O)CCS(C)(=O)=O)c1ccc(F)c(F)c1. The normalized spacial score (nSPS) is 13.1. The summed E-state index contributed by atoms with van der Waals surface area (Å²) in [4.78, 5) is 11.5. The van der Waals surface area contributed by atoms with Gasteiger partial charge in [-0.2, -0.15) is 0 Å². The minimum Gasteiger partial charge on any atom is -0.350 e. The van der Waals surface area contributed by atoms with Crippen LogP contribution in [0.25, 0.3) is 0 Å². The summed E-state index contributed by atoms with van der Waals surface area (Å²) in [5.74, 6) is -2.65. The van der Waals surface area contributed by atoms with Gasteiger partial charge in [0.2, 0.25) is 5.91 Å². The highest BCUT2D eigenvalue weighted by Gasteiger charge is 2.13. The Balaban J connectivity index is 2.61. The third kappa shape index (κ3) is 5.34. The summed E-state index contributed by atoms with van der Waals surface area (Å²) in [5.41, 5.74) is 0.409. The average molecular weight is 291 g/mol. The van der Waals surface area contributed by atoms with Crippen LogP contribution in [-0.2, 0) is 14.6 Å². The standard InChI is InChI=1S/C12H15F2NO3S/c1-8(9-3-4-10(13)11(14)7-9)15-12(16)5-6-19(2,17)18/h3-4,7-8H,5-6H2,1-2H3,(H,15,16). The van der Waals surface area contributed by atoms with E-state index < -0.39 is 33.4 Å². The highest BCUT2D eigenvalue weighted by atomic mass is 32.2. The average Bonchev–Trinajstić information content (AvgIpc) is 2.29. The predicted molar refractivity (Wildman–Crippen MR) is 67.2 cm³/mol. The van der Waals surface area contributed by atoms with E-state index in [0.29, 0.717) is 5.56 Å². The van der Waals surface area contributed by atoms with Crippen molar-refractivity contribution >= 4 is 15.7 Å². The zero-order chi connectivity index (χ0) is 14.6. The van der Waals surface area contributed by atoms with Crippen LogP contribution in [0.4, 0.5) is 8.78 Å². The summed E-state index contributed by atoms with van der Waals surface area (Å²) in [6.07, 6.45) is 0.881. The maximum atomic E-state index is 13.0. The summed E-state index contributed by atoms with van der Waals surface area (Å²) in [6, 6.07) is 2.81. The molecule has 0 aliphatic heterocycles. The van der Waals surface area contributed by atoms with Crippen LogP contribution in [-0.4, -0.2) is 26.3 Å². The third-order valence-corrected chi connectivity index (χ3v) is 3.47. The molecule has 0 radical (unpaired) electrons. The number of hydrogen-bond acceptors (Lipinski definition) is 3. The molecule has 19 heavy (non-hydrogen) atoms. The van der Waals surface area contributed by atoms with Crippen molar-refractivity contribution in [2.75, 3.05) is 12.0 Å². The lowest BCUT2D eigenvalue weighted by Crippen LogP contribution is -2.28. The Morgan fingerprint density at radius 3 is 2.47 bits per heavy atom. The largest absolute Gasteiger partial charge is 0.350 e. The Kier molecular flexibility index (Phi) is 4.99. The number of carbonyl (C=O) groups is 1. The van der Waals surface area contributed by atoms with Gasteiger partial charge in [0.25, 0.3) is 0 Å². The zero-order valence-corrected chi connectivity index (χ0v) is 11.4. The van der Waals surface area contributed by atoms with Crippen LogP contribution < -0.4 is 5.32 Å². The maximum absolute atomic E-state index is 13.0. The number of amides is 1. The molecule has 1 N–H and O–H groups in total. The molecule has 0 aromatic heterocycles. The van der Waals surface area contributed by atoms with Crippen molar-refractivity contribution in [1.82, 2.24) is 5.32 Å². The molecule has 0 bridgehead atoms. The first kappa shape index (κ1) is 15.6. The Bertz CT molecular complexity index is 572. The lowest BCUT2D eigenvalue weighted by molar-refractivity contribution is -0.121. The molecule has 1 aromatic carbocycles. The number of rotatable bonds is 5. The van der Waals surface area contributed by atoms with Gasteiger partial charge >= 0.3 is 0 Å². The molecule has 7 heteroatoms. The van der Waals surface area contributed by atoms with Gasteiger partial charge in [-0.05, 0) is 24.6 Å². The van der Waals surface area contributed by atoms with Crippen molar-refractivity contribution in [3.63, 3.8) is 0 Å². The highest BCUT2D eigenvalue weighted by Crippen LogP contribution is 2.15. The molecule has 0 saturated heterocycles. The van der Waals surface area contributed by atoms with Crippen LogP contribution in [0.5, 0.6) is 0 Å². The highest BCUT2D eigenvalue weighted by molar-refractivity contribution is 7.90. The van der Waals surface area contributed by atoms with Crippen molar-refractivity contribution in [1.29, 1.82) is 0 Å². The van der Waals surface area contributed by atoms with E-state index in [-0.39, 0.29) is 12.2 Å². The molecule has 0 saturated carbocycles. The molecular weight excluding hydrogens is 276 g/mol. The first-order valence-corrected chi connectivity index (χ1v) is 7.67. The first-order chi connectivity index (χ1) is 8.69. The molecule has 1 rings (SSSR count). The van der Waals surface area contributed by atoms with E-state index in [1.54, 1.807) is 6.92 Å². The number of benzene rings is 1. The molecule has 0 fully saturated rings. The zero-order valence-electron chi connectivity index (χ0n) is 10.6. The summed E-state index contributed by atoms with van der Waals surface area (Å²) in [5, 5.41) is 2.52. The molecule has 0 heterocycles. The quantitative estimate of drug-likeness (QED) is 0.896. The fraction of sp³-hybridized carbons (Fsp3) is 0.417. The summed E-state index contributed by atoms with van der Waals surface area (Å²) in [7, 11) is -3.20. The second kappa shape index (κ2) is 6.10. The number of halogens is 2. The number of hydrogen-bond donors (Lipinski definition) is 1. The third-order valence-electron chi connectivity index (χ3n) is 2.52. The van der Waals surface area contributed by atoms with E-state index in [1.165, 1.54) is 6.07 Å². The van der Waals surface area contributed by atoms with Gasteiger partial charge in [-0.25, -0.2) is 17.2 Å². The lowest BCUT2D eigenvalue weighted by Gasteiger charge is -2.14. The van der Waals surface area contributed by atoms with Crippen LogP contribution in [0, 0.1) is 11.6 Å².